The minimum atomic E-state index is -3.85. The molecule has 3 N–H and O–H groups in total. The topological polar surface area (TPSA) is 149 Å². The van der Waals surface area contributed by atoms with E-state index in [0.29, 0.717) is 24.3 Å². The molecule has 1 unspecified atom stereocenters. The summed E-state index contributed by atoms with van der Waals surface area (Å²) >= 11 is 0. The van der Waals surface area contributed by atoms with Gasteiger partial charge in [-0.3, -0.25) is 19.4 Å². The van der Waals surface area contributed by atoms with E-state index >= 15 is 0 Å². The fourth-order valence-electron chi connectivity index (χ4n) is 3.52. The summed E-state index contributed by atoms with van der Waals surface area (Å²) < 4.78 is 23.7. The van der Waals surface area contributed by atoms with Gasteiger partial charge in [-0.25, -0.2) is 18.7 Å². The van der Waals surface area contributed by atoms with Crippen LogP contribution in [-0.4, -0.2) is 88.2 Å². The number of sulfone groups is 1. The van der Waals surface area contributed by atoms with Gasteiger partial charge in [-0.2, -0.15) is 0 Å². The molecule has 3 amide bonds. The van der Waals surface area contributed by atoms with Gasteiger partial charge in [0.15, 0.2) is 14.6 Å². The molecule has 2 aliphatic heterocycles. The lowest BCUT2D eigenvalue weighted by molar-refractivity contribution is -0.139. The second-order valence-electron chi connectivity index (χ2n) is 8.16. The van der Waals surface area contributed by atoms with Crippen molar-refractivity contribution in [3.8, 4) is 23.7 Å². The Morgan fingerprint density at radius 2 is 2.00 bits per heavy atom. The number of aliphatic hydroxyl groups is 1. The average Bonchev–Trinajstić information content (AvgIpc) is 3.26. The van der Waals surface area contributed by atoms with Gasteiger partial charge in [0.05, 0.1) is 12.5 Å². The van der Waals surface area contributed by atoms with Gasteiger partial charge in [0, 0.05) is 43.3 Å². The number of hydrogen-bond donors (Lipinski definition) is 3. The highest BCUT2D eigenvalue weighted by molar-refractivity contribution is 7.92. The molecule has 1 aromatic rings. The third-order valence-electron chi connectivity index (χ3n) is 5.90. The number of nitrogens with zero attached hydrogens (tertiary/aromatic N) is 3. The largest absolute Gasteiger partial charge is 0.387 e. The molecule has 1 fully saturated rings. The second kappa shape index (κ2) is 9.27. The summed E-state index contributed by atoms with van der Waals surface area (Å²) in [6.07, 6.45) is 2.29. The maximum absolute atomic E-state index is 12.7. The third-order valence-corrected chi connectivity index (χ3v) is 7.93. The number of carbonyl (C=O) groups excluding carboxylic acids is 3. The van der Waals surface area contributed by atoms with Crippen LogP contribution >= 0.6 is 0 Å². The predicted molar refractivity (Wildman–Crippen MR) is 115 cm³/mol. The van der Waals surface area contributed by atoms with Crippen molar-refractivity contribution in [2.24, 2.45) is 5.92 Å². The molecule has 3 heterocycles. The number of amides is 3. The third kappa shape index (κ3) is 4.88. The van der Waals surface area contributed by atoms with Crippen molar-refractivity contribution in [3.05, 3.63) is 23.5 Å². The minimum absolute atomic E-state index is 0.00117. The number of hydrogen-bond acceptors (Lipinski definition) is 7. The van der Waals surface area contributed by atoms with Crippen LogP contribution in [0.25, 0.3) is 0 Å². The second-order valence-corrected chi connectivity index (χ2v) is 10.6. The van der Waals surface area contributed by atoms with Gasteiger partial charge in [-0.1, -0.05) is 11.8 Å². The molecule has 0 spiro atoms. The highest BCUT2D eigenvalue weighted by Crippen LogP contribution is 2.25. The number of carbonyl (C=O) groups is 3. The van der Waals surface area contributed by atoms with Crippen molar-refractivity contribution in [1.82, 2.24) is 19.8 Å². The van der Waals surface area contributed by atoms with Crippen LogP contribution in [0.5, 0.6) is 0 Å². The fourth-order valence-corrected chi connectivity index (χ4v) is 4.36. The van der Waals surface area contributed by atoms with Gasteiger partial charge in [0.25, 0.3) is 5.91 Å². The molecule has 3 rings (SSSR count). The monoisotopic (exact) mass is 476 g/mol. The fraction of sp³-hybridized carbons (Fsp3) is 0.476. The first-order valence-electron chi connectivity index (χ1n) is 10.0. The number of hydroxylamine groups is 1. The summed E-state index contributed by atoms with van der Waals surface area (Å²) in [7, 11) is -3.85. The average molecular weight is 477 g/mol. The summed E-state index contributed by atoms with van der Waals surface area (Å²) in [5.74, 6) is 9.90. The van der Waals surface area contributed by atoms with Gasteiger partial charge >= 0.3 is 6.03 Å². The number of fused-ring (bicyclic) bond motifs is 1. The van der Waals surface area contributed by atoms with Crippen molar-refractivity contribution in [3.63, 3.8) is 0 Å². The Labute approximate surface area is 191 Å². The Balaban J connectivity index is 1.58. The summed E-state index contributed by atoms with van der Waals surface area (Å²) in [5, 5.41) is 17.7. The molecule has 176 valence electrons. The Hall–Kier alpha value is -3.32. The van der Waals surface area contributed by atoms with Crippen LogP contribution in [0.1, 0.15) is 24.6 Å². The van der Waals surface area contributed by atoms with Crippen LogP contribution in [0, 0.1) is 29.6 Å². The summed E-state index contributed by atoms with van der Waals surface area (Å²) in [5.41, 5.74) is 2.65. The van der Waals surface area contributed by atoms with Crippen molar-refractivity contribution >= 4 is 27.7 Å². The normalized spacial score (nSPS) is 17.2. The highest BCUT2D eigenvalue weighted by atomic mass is 32.2. The van der Waals surface area contributed by atoms with Crippen LogP contribution in [0.2, 0.25) is 0 Å². The molecule has 33 heavy (non-hydrogen) atoms. The Kier molecular flexibility index (Phi) is 6.84. The molecule has 12 heteroatoms. The zero-order valence-corrected chi connectivity index (χ0v) is 19.0. The van der Waals surface area contributed by atoms with Crippen LogP contribution in [0.4, 0.5) is 4.79 Å². The van der Waals surface area contributed by atoms with Crippen LogP contribution in [0.3, 0.4) is 0 Å². The molecule has 0 aromatic carbocycles. The molecule has 1 saturated heterocycles. The summed E-state index contributed by atoms with van der Waals surface area (Å²) in [6.45, 7) is 1.86. The quantitative estimate of drug-likeness (QED) is 0.265. The summed E-state index contributed by atoms with van der Waals surface area (Å²) in [4.78, 5) is 38.8. The Morgan fingerprint density at radius 1 is 1.30 bits per heavy atom. The van der Waals surface area contributed by atoms with Gasteiger partial charge in [-0.05, 0) is 31.3 Å². The van der Waals surface area contributed by atoms with Gasteiger partial charge in [0.1, 0.15) is 6.61 Å². The smallest absolute Gasteiger partial charge is 0.328 e. The number of aliphatic hydroxyl groups excluding tert-OH is 1. The zero-order valence-electron chi connectivity index (χ0n) is 18.2. The molecule has 0 radical (unpaired) electrons. The van der Waals surface area contributed by atoms with E-state index in [4.69, 9.17) is 10.3 Å². The van der Waals surface area contributed by atoms with E-state index in [-0.39, 0.29) is 37.4 Å². The van der Waals surface area contributed by atoms with Crippen molar-refractivity contribution in [2.75, 3.05) is 32.5 Å². The van der Waals surface area contributed by atoms with E-state index < -0.39 is 27.1 Å². The molecular weight excluding hydrogens is 452 g/mol. The maximum Gasteiger partial charge on any atom is 0.328 e. The Bertz CT molecular complexity index is 1210. The van der Waals surface area contributed by atoms with Crippen molar-refractivity contribution in [2.45, 2.75) is 24.6 Å². The lowest BCUT2D eigenvalue weighted by atomic mass is 10.0. The summed E-state index contributed by atoms with van der Waals surface area (Å²) in [6, 6.07) is 1.36. The van der Waals surface area contributed by atoms with E-state index in [1.54, 1.807) is 12.3 Å². The molecule has 0 saturated carbocycles. The first-order valence-corrected chi connectivity index (χ1v) is 11.9. The lowest BCUT2D eigenvalue weighted by Crippen LogP contribution is -2.50. The molecule has 11 nitrogen and oxygen atoms in total. The SMILES string of the molecule is CC(CCN1Cc2cc(C#CC#CC3CN(C(=O)CO)C3)cn2C1=O)(C(=O)NO)S(C)(=O)=O. The van der Waals surface area contributed by atoms with Crippen LogP contribution < -0.4 is 5.48 Å². The van der Waals surface area contributed by atoms with Crippen LogP contribution in [-0.2, 0) is 26.0 Å². The van der Waals surface area contributed by atoms with E-state index in [1.165, 1.54) is 26.8 Å². The van der Waals surface area contributed by atoms with Crippen LogP contribution in [0.15, 0.2) is 12.3 Å². The number of aromatic nitrogens is 1. The molecule has 1 aromatic heterocycles. The first kappa shape index (κ1) is 24.3. The van der Waals surface area contributed by atoms with Crippen molar-refractivity contribution < 1.29 is 33.1 Å². The van der Waals surface area contributed by atoms with E-state index in [0.717, 1.165) is 6.26 Å². The van der Waals surface area contributed by atoms with Gasteiger partial charge in [-0.15, -0.1) is 0 Å². The van der Waals surface area contributed by atoms with E-state index in [2.05, 4.69) is 23.7 Å². The van der Waals surface area contributed by atoms with Gasteiger partial charge in [0.2, 0.25) is 5.91 Å². The predicted octanol–water partition coefficient (Wildman–Crippen LogP) is -1.22. The van der Waals surface area contributed by atoms with E-state index in [1.807, 2.05) is 0 Å². The molecule has 0 bridgehead atoms. The molecule has 1 atom stereocenters. The first-order chi connectivity index (χ1) is 15.5. The van der Waals surface area contributed by atoms with E-state index in [9.17, 15) is 22.8 Å². The van der Waals surface area contributed by atoms with Crippen molar-refractivity contribution in [1.29, 1.82) is 0 Å². The number of nitrogens with one attached hydrogen (secondary N) is 1. The number of likely N-dealkylation sites (tertiary alicyclic amines) is 1. The zero-order chi connectivity index (χ0) is 24.4. The standard InChI is InChI=1S/C21H24N4O7S/c1-21(19(28)22-30,33(2,31)32)7-8-23-13-17-9-15(12-25(17)20(23)29)5-3-4-6-16-10-24(11-16)18(27)14-26/h9,12,16,26,30H,7-8,10-11,13-14H2,1-2H3,(H,22,28). The van der Waals surface area contributed by atoms with Gasteiger partial charge < -0.3 is 14.9 Å². The highest BCUT2D eigenvalue weighted by Gasteiger charge is 2.44. The lowest BCUT2D eigenvalue weighted by Gasteiger charge is -2.35. The Morgan fingerprint density at radius 3 is 2.58 bits per heavy atom. The minimum Gasteiger partial charge on any atom is -0.387 e. The maximum atomic E-state index is 12.7. The molecular formula is C21H24N4O7S. The molecule has 2 aliphatic rings. The molecule has 0 aliphatic carbocycles. The number of rotatable bonds is 6.